The molecule has 0 radical (unpaired) electrons. The van der Waals surface area contributed by atoms with Crippen molar-refractivity contribution in [3.8, 4) is 5.75 Å². The molecule has 4 aromatic rings. The molecule has 0 unspecified atom stereocenters. The van der Waals surface area contributed by atoms with Crippen molar-refractivity contribution in [3.05, 3.63) is 102 Å². The van der Waals surface area contributed by atoms with Crippen molar-refractivity contribution in [2.45, 2.75) is 13.5 Å². The minimum absolute atomic E-state index is 0.189. The van der Waals surface area contributed by atoms with Crippen LogP contribution in [0, 0.1) is 6.92 Å². The zero-order valence-electron chi connectivity index (χ0n) is 15.6. The first-order valence-electron chi connectivity index (χ1n) is 9.13. The number of anilines is 1. The van der Waals surface area contributed by atoms with Gasteiger partial charge in [0.1, 0.15) is 18.2 Å². The number of aromatic nitrogens is 1. The molecule has 1 amide bonds. The number of rotatable bonds is 5. The summed E-state index contributed by atoms with van der Waals surface area (Å²) in [6.45, 7) is 2.28. The molecule has 28 heavy (non-hydrogen) atoms. The molecule has 0 aliphatic heterocycles. The van der Waals surface area contributed by atoms with Crippen molar-refractivity contribution in [1.82, 2.24) is 4.98 Å². The maximum absolute atomic E-state index is 12.5. The Labute approximate surface area is 163 Å². The molecule has 4 heteroatoms. The van der Waals surface area contributed by atoms with E-state index in [9.17, 15) is 4.79 Å². The van der Waals surface area contributed by atoms with Gasteiger partial charge in [-0.25, -0.2) is 4.98 Å². The Bertz CT molecular complexity index is 1140. The van der Waals surface area contributed by atoms with Crippen LogP contribution in [-0.4, -0.2) is 10.9 Å². The van der Waals surface area contributed by atoms with Crippen LogP contribution in [0.5, 0.6) is 5.75 Å². The molecule has 0 aliphatic rings. The lowest BCUT2D eigenvalue weighted by molar-refractivity contribution is 0.102. The SMILES string of the molecule is Cc1cccc(NC(=O)c2cccc(COc3ccc4ccccc4c3)c2)n1. The Morgan fingerprint density at radius 1 is 0.893 bits per heavy atom. The maximum atomic E-state index is 12.5. The van der Waals surface area contributed by atoms with E-state index in [4.69, 9.17) is 4.74 Å². The quantitative estimate of drug-likeness (QED) is 0.515. The smallest absolute Gasteiger partial charge is 0.256 e. The molecule has 4 nitrogen and oxygen atoms in total. The van der Waals surface area contributed by atoms with E-state index in [-0.39, 0.29) is 5.91 Å². The predicted octanol–water partition coefficient (Wildman–Crippen LogP) is 5.37. The number of hydrogen-bond acceptors (Lipinski definition) is 3. The van der Waals surface area contributed by atoms with E-state index >= 15 is 0 Å². The van der Waals surface area contributed by atoms with E-state index in [2.05, 4.69) is 22.4 Å². The largest absolute Gasteiger partial charge is 0.489 e. The number of amides is 1. The highest BCUT2D eigenvalue weighted by atomic mass is 16.5. The monoisotopic (exact) mass is 368 g/mol. The molecule has 0 aliphatic carbocycles. The van der Waals surface area contributed by atoms with Crippen LogP contribution in [0.1, 0.15) is 21.6 Å². The number of nitrogens with one attached hydrogen (secondary N) is 1. The highest BCUT2D eigenvalue weighted by molar-refractivity contribution is 6.03. The summed E-state index contributed by atoms with van der Waals surface area (Å²) >= 11 is 0. The zero-order chi connectivity index (χ0) is 19.3. The second kappa shape index (κ2) is 7.92. The number of nitrogens with zero attached hydrogens (tertiary/aromatic N) is 1. The van der Waals surface area contributed by atoms with Crippen LogP contribution in [0.4, 0.5) is 5.82 Å². The number of carbonyl (C=O) groups is 1. The minimum Gasteiger partial charge on any atom is -0.489 e. The van der Waals surface area contributed by atoms with Crippen molar-refractivity contribution in [2.24, 2.45) is 0 Å². The van der Waals surface area contributed by atoms with Gasteiger partial charge < -0.3 is 10.1 Å². The molecule has 0 spiro atoms. The second-order valence-corrected chi connectivity index (χ2v) is 6.62. The van der Waals surface area contributed by atoms with Crippen LogP contribution in [0.3, 0.4) is 0 Å². The van der Waals surface area contributed by atoms with E-state index in [0.717, 1.165) is 22.4 Å². The van der Waals surface area contributed by atoms with Crippen LogP contribution >= 0.6 is 0 Å². The van der Waals surface area contributed by atoms with Gasteiger partial charge in [-0.1, -0.05) is 48.5 Å². The van der Waals surface area contributed by atoms with Gasteiger partial charge in [0, 0.05) is 11.3 Å². The molecule has 3 aromatic carbocycles. The highest BCUT2D eigenvalue weighted by Crippen LogP contribution is 2.21. The first-order valence-corrected chi connectivity index (χ1v) is 9.13. The van der Waals surface area contributed by atoms with E-state index in [1.165, 1.54) is 5.39 Å². The van der Waals surface area contributed by atoms with E-state index in [0.29, 0.717) is 18.0 Å². The maximum Gasteiger partial charge on any atom is 0.256 e. The van der Waals surface area contributed by atoms with Crippen molar-refractivity contribution in [1.29, 1.82) is 0 Å². The fraction of sp³-hybridized carbons (Fsp3) is 0.0833. The molecule has 1 heterocycles. The topological polar surface area (TPSA) is 51.2 Å². The summed E-state index contributed by atoms with van der Waals surface area (Å²) in [5.41, 5.74) is 2.36. The van der Waals surface area contributed by atoms with Crippen molar-refractivity contribution >= 4 is 22.5 Å². The fourth-order valence-corrected chi connectivity index (χ4v) is 3.03. The number of ether oxygens (including phenoxy) is 1. The van der Waals surface area contributed by atoms with Gasteiger partial charge in [-0.2, -0.15) is 0 Å². The summed E-state index contributed by atoms with van der Waals surface area (Å²) in [6.07, 6.45) is 0. The van der Waals surface area contributed by atoms with E-state index in [1.54, 1.807) is 12.1 Å². The molecule has 0 saturated heterocycles. The standard InChI is InChI=1S/C24H20N2O2/c1-17-6-4-11-23(25-17)26-24(27)21-10-5-7-18(14-21)16-28-22-13-12-19-8-2-3-9-20(19)15-22/h2-15H,16H2,1H3,(H,25,26,27). The lowest BCUT2D eigenvalue weighted by Gasteiger charge is -2.09. The Hall–Kier alpha value is -3.66. The lowest BCUT2D eigenvalue weighted by atomic mass is 10.1. The molecule has 0 bridgehead atoms. The molecule has 138 valence electrons. The summed E-state index contributed by atoms with van der Waals surface area (Å²) in [5, 5.41) is 5.15. The lowest BCUT2D eigenvalue weighted by Crippen LogP contribution is -2.13. The first-order chi connectivity index (χ1) is 13.7. The molecular formula is C24H20N2O2. The second-order valence-electron chi connectivity index (χ2n) is 6.62. The molecule has 1 aromatic heterocycles. The number of benzene rings is 3. The molecule has 0 atom stereocenters. The summed E-state index contributed by atoms with van der Waals surface area (Å²) in [5.74, 6) is 1.16. The average molecular weight is 368 g/mol. The van der Waals surface area contributed by atoms with Crippen molar-refractivity contribution in [3.63, 3.8) is 0 Å². The van der Waals surface area contributed by atoms with Crippen molar-refractivity contribution in [2.75, 3.05) is 5.32 Å². The third-order valence-corrected chi connectivity index (χ3v) is 4.45. The third-order valence-electron chi connectivity index (χ3n) is 4.45. The van der Waals surface area contributed by atoms with Crippen LogP contribution < -0.4 is 10.1 Å². The normalized spacial score (nSPS) is 10.6. The zero-order valence-corrected chi connectivity index (χ0v) is 15.6. The van der Waals surface area contributed by atoms with Gasteiger partial charge in [-0.3, -0.25) is 4.79 Å². The number of carbonyl (C=O) groups excluding carboxylic acids is 1. The fourth-order valence-electron chi connectivity index (χ4n) is 3.03. The molecule has 0 saturated carbocycles. The van der Waals surface area contributed by atoms with Gasteiger partial charge in [-0.05, 0) is 59.7 Å². The summed E-state index contributed by atoms with van der Waals surface area (Å²) in [7, 11) is 0. The third kappa shape index (κ3) is 4.18. The Morgan fingerprint density at radius 3 is 2.57 bits per heavy atom. The number of aryl methyl sites for hydroxylation is 1. The summed E-state index contributed by atoms with van der Waals surface area (Å²) in [4.78, 5) is 16.8. The highest BCUT2D eigenvalue weighted by Gasteiger charge is 2.08. The van der Waals surface area contributed by atoms with E-state index < -0.39 is 0 Å². The van der Waals surface area contributed by atoms with Crippen LogP contribution in [-0.2, 0) is 6.61 Å². The van der Waals surface area contributed by atoms with Crippen LogP contribution in [0.15, 0.2) is 84.9 Å². The Kier molecular flexibility index (Phi) is 5.02. The van der Waals surface area contributed by atoms with Crippen LogP contribution in [0.25, 0.3) is 10.8 Å². The van der Waals surface area contributed by atoms with Crippen LogP contribution in [0.2, 0.25) is 0 Å². The minimum atomic E-state index is -0.189. The van der Waals surface area contributed by atoms with Gasteiger partial charge in [-0.15, -0.1) is 0 Å². The van der Waals surface area contributed by atoms with Gasteiger partial charge in [0.05, 0.1) is 0 Å². The van der Waals surface area contributed by atoms with Gasteiger partial charge >= 0.3 is 0 Å². The number of hydrogen-bond donors (Lipinski definition) is 1. The Morgan fingerprint density at radius 2 is 1.71 bits per heavy atom. The summed E-state index contributed by atoms with van der Waals surface area (Å²) < 4.78 is 5.92. The predicted molar refractivity (Wildman–Crippen MR) is 112 cm³/mol. The molecule has 0 fully saturated rings. The molecule has 4 rings (SSSR count). The molecular weight excluding hydrogens is 348 g/mol. The number of fused-ring (bicyclic) bond motifs is 1. The van der Waals surface area contributed by atoms with Gasteiger partial charge in [0.2, 0.25) is 0 Å². The Balaban J connectivity index is 1.44. The summed E-state index contributed by atoms with van der Waals surface area (Å²) in [6, 6.07) is 27.2. The van der Waals surface area contributed by atoms with Crippen molar-refractivity contribution < 1.29 is 9.53 Å². The van der Waals surface area contributed by atoms with Gasteiger partial charge in [0.25, 0.3) is 5.91 Å². The number of pyridine rings is 1. The first kappa shape index (κ1) is 17.7. The molecule has 1 N–H and O–H groups in total. The average Bonchev–Trinajstić information content (AvgIpc) is 2.72. The van der Waals surface area contributed by atoms with E-state index in [1.807, 2.05) is 67.6 Å². The van der Waals surface area contributed by atoms with Gasteiger partial charge in [0.15, 0.2) is 0 Å².